The average molecular weight is 276 g/mol. The molecule has 0 bridgehead atoms. The maximum absolute atomic E-state index is 5.75. The van der Waals surface area contributed by atoms with Crippen LogP contribution in [0.4, 0.5) is 5.69 Å². The molecular formula is C14H14ClN3O. The molecule has 98 valence electrons. The first-order valence-corrected chi connectivity index (χ1v) is 6.65. The van der Waals surface area contributed by atoms with Crippen LogP contribution >= 0.6 is 11.6 Å². The Labute approximate surface area is 117 Å². The Morgan fingerprint density at radius 1 is 1.16 bits per heavy atom. The minimum atomic E-state index is 0.420. The van der Waals surface area contributed by atoms with Crippen LogP contribution in [0.1, 0.15) is 12.1 Å². The van der Waals surface area contributed by atoms with Gasteiger partial charge < -0.3 is 9.64 Å². The van der Waals surface area contributed by atoms with E-state index in [1.807, 2.05) is 24.3 Å². The summed E-state index contributed by atoms with van der Waals surface area (Å²) < 4.78 is 5.74. The van der Waals surface area contributed by atoms with E-state index in [1.165, 1.54) is 0 Å². The van der Waals surface area contributed by atoms with E-state index in [9.17, 15) is 0 Å². The van der Waals surface area contributed by atoms with Gasteiger partial charge in [-0.25, -0.2) is 0 Å². The smallest absolute Gasteiger partial charge is 0.151 e. The van der Waals surface area contributed by atoms with Crippen LogP contribution < -0.4 is 9.64 Å². The van der Waals surface area contributed by atoms with Crippen molar-refractivity contribution in [1.82, 2.24) is 10.2 Å². The highest BCUT2D eigenvalue weighted by molar-refractivity contribution is 6.29. The van der Waals surface area contributed by atoms with E-state index in [1.54, 1.807) is 6.07 Å². The molecule has 0 radical (unpaired) electrons. The molecule has 1 aromatic heterocycles. The molecule has 2 heterocycles. The first-order valence-electron chi connectivity index (χ1n) is 6.28. The molecule has 1 aliphatic heterocycles. The average Bonchev–Trinajstić information content (AvgIpc) is 2.64. The van der Waals surface area contributed by atoms with Crippen molar-refractivity contribution in [3.63, 3.8) is 0 Å². The maximum Gasteiger partial charge on any atom is 0.151 e. The summed E-state index contributed by atoms with van der Waals surface area (Å²) in [6.45, 7) is 2.41. The van der Waals surface area contributed by atoms with Gasteiger partial charge in [-0.05, 0) is 30.7 Å². The Balaban J connectivity index is 1.86. The van der Waals surface area contributed by atoms with Crippen LogP contribution in [0.5, 0.6) is 5.75 Å². The van der Waals surface area contributed by atoms with Crippen molar-refractivity contribution >= 4 is 17.3 Å². The van der Waals surface area contributed by atoms with Gasteiger partial charge in [-0.1, -0.05) is 23.7 Å². The number of nitrogens with zero attached hydrogens (tertiary/aromatic N) is 3. The molecule has 0 atom stereocenters. The van der Waals surface area contributed by atoms with E-state index in [-0.39, 0.29) is 0 Å². The first kappa shape index (κ1) is 12.2. The van der Waals surface area contributed by atoms with Gasteiger partial charge >= 0.3 is 0 Å². The Morgan fingerprint density at radius 2 is 2.05 bits per heavy atom. The van der Waals surface area contributed by atoms with Crippen LogP contribution in [0.2, 0.25) is 5.15 Å². The van der Waals surface area contributed by atoms with Crippen molar-refractivity contribution in [2.45, 2.75) is 13.0 Å². The van der Waals surface area contributed by atoms with Gasteiger partial charge in [0.25, 0.3) is 0 Å². The van der Waals surface area contributed by atoms with E-state index in [0.717, 1.165) is 36.7 Å². The van der Waals surface area contributed by atoms with E-state index >= 15 is 0 Å². The van der Waals surface area contributed by atoms with Crippen LogP contribution in [-0.2, 0) is 6.54 Å². The lowest BCUT2D eigenvalue weighted by Crippen LogP contribution is -2.23. The quantitative estimate of drug-likeness (QED) is 0.845. The third-order valence-corrected chi connectivity index (χ3v) is 3.28. The fourth-order valence-corrected chi connectivity index (χ4v) is 2.29. The summed E-state index contributed by atoms with van der Waals surface area (Å²) in [5.74, 6) is 0.932. The second-order valence-corrected chi connectivity index (χ2v) is 4.83. The zero-order valence-electron chi connectivity index (χ0n) is 10.4. The topological polar surface area (TPSA) is 38.2 Å². The number of para-hydroxylation sites is 2. The van der Waals surface area contributed by atoms with Crippen molar-refractivity contribution in [3.05, 3.63) is 47.2 Å². The second-order valence-electron chi connectivity index (χ2n) is 4.44. The van der Waals surface area contributed by atoms with E-state index in [0.29, 0.717) is 11.7 Å². The third-order valence-electron chi connectivity index (χ3n) is 3.08. The highest BCUT2D eigenvalue weighted by Crippen LogP contribution is 2.31. The van der Waals surface area contributed by atoms with Gasteiger partial charge in [-0.3, -0.25) is 0 Å². The number of aromatic nitrogens is 2. The Morgan fingerprint density at radius 3 is 2.89 bits per heavy atom. The lowest BCUT2D eigenvalue weighted by atomic mass is 10.2. The van der Waals surface area contributed by atoms with Gasteiger partial charge in [-0.15, -0.1) is 5.10 Å². The number of hydrogen-bond acceptors (Lipinski definition) is 4. The number of hydrogen-bond donors (Lipinski definition) is 0. The standard InChI is InChI=1S/C14H14ClN3O/c15-14-7-6-11(16-17-14)10-18-8-3-9-19-13-5-2-1-4-12(13)18/h1-2,4-7H,3,8-10H2. The molecule has 0 unspecified atom stereocenters. The SMILES string of the molecule is Clc1ccc(CN2CCCOc3ccccc32)nn1. The normalized spacial score (nSPS) is 14.5. The van der Waals surface area contributed by atoms with Gasteiger partial charge in [0.2, 0.25) is 0 Å². The highest BCUT2D eigenvalue weighted by Gasteiger charge is 2.16. The van der Waals surface area contributed by atoms with Crippen molar-refractivity contribution in [1.29, 1.82) is 0 Å². The Kier molecular flexibility index (Phi) is 3.51. The molecule has 4 nitrogen and oxygen atoms in total. The minimum absolute atomic E-state index is 0.420. The monoisotopic (exact) mass is 275 g/mol. The summed E-state index contributed by atoms with van der Waals surface area (Å²) >= 11 is 5.75. The van der Waals surface area contributed by atoms with Crippen molar-refractivity contribution in [3.8, 4) is 5.75 Å². The van der Waals surface area contributed by atoms with Crippen molar-refractivity contribution in [2.24, 2.45) is 0 Å². The summed E-state index contributed by atoms with van der Waals surface area (Å²) in [5, 5.41) is 8.41. The summed E-state index contributed by atoms with van der Waals surface area (Å²) in [7, 11) is 0. The van der Waals surface area contributed by atoms with Gasteiger partial charge in [0.05, 0.1) is 24.5 Å². The molecule has 0 amide bonds. The molecule has 19 heavy (non-hydrogen) atoms. The molecule has 2 aromatic rings. The van der Waals surface area contributed by atoms with Crippen LogP contribution in [0.15, 0.2) is 36.4 Å². The van der Waals surface area contributed by atoms with Gasteiger partial charge in [-0.2, -0.15) is 5.10 Å². The summed E-state index contributed by atoms with van der Waals surface area (Å²) in [6, 6.07) is 11.8. The lowest BCUT2D eigenvalue weighted by Gasteiger charge is -2.23. The molecule has 0 aliphatic carbocycles. The summed E-state index contributed by atoms with van der Waals surface area (Å²) in [6.07, 6.45) is 0.996. The number of ether oxygens (including phenoxy) is 1. The molecule has 1 aliphatic rings. The third kappa shape index (κ3) is 2.79. The van der Waals surface area contributed by atoms with Crippen LogP contribution in [0.3, 0.4) is 0 Å². The molecule has 0 spiro atoms. The molecule has 0 fully saturated rings. The molecule has 0 N–H and O–H groups in total. The van der Waals surface area contributed by atoms with E-state index in [4.69, 9.17) is 16.3 Å². The number of benzene rings is 1. The Bertz CT molecular complexity index is 559. The zero-order valence-corrected chi connectivity index (χ0v) is 11.2. The molecule has 5 heteroatoms. The van der Waals surface area contributed by atoms with Crippen molar-refractivity contribution in [2.75, 3.05) is 18.1 Å². The number of halogens is 1. The second kappa shape index (κ2) is 5.45. The molecule has 1 aromatic carbocycles. The number of anilines is 1. The van der Waals surface area contributed by atoms with Gasteiger partial charge in [0.15, 0.2) is 5.15 Å². The predicted octanol–water partition coefficient (Wildman–Crippen LogP) is 2.92. The number of rotatable bonds is 2. The van der Waals surface area contributed by atoms with Gasteiger partial charge in [0.1, 0.15) is 5.75 Å². The first-order chi connectivity index (χ1) is 9.33. The summed E-state index contributed by atoms with van der Waals surface area (Å²) in [5.41, 5.74) is 2.01. The fourth-order valence-electron chi connectivity index (χ4n) is 2.19. The molecule has 0 saturated heterocycles. The Hall–Kier alpha value is -1.81. The van der Waals surface area contributed by atoms with Gasteiger partial charge in [0, 0.05) is 6.54 Å². The molecule has 3 rings (SSSR count). The summed E-state index contributed by atoms with van der Waals surface area (Å²) in [4.78, 5) is 2.26. The van der Waals surface area contributed by atoms with E-state index in [2.05, 4.69) is 21.2 Å². The maximum atomic E-state index is 5.75. The van der Waals surface area contributed by atoms with Crippen molar-refractivity contribution < 1.29 is 4.74 Å². The van der Waals surface area contributed by atoms with E-state index < -0.39 is 0 Å². The largest absolute Gasteiger partial charge is 0.491 e. The number of fused-ring (bicyclic) bond motifs is 1. The van der Waals surface area contributed by atoms with Crippen LogP contribution in [0.25, 0.3) is 0 Å². The highest BCUT2D eigenvalue weighted by atomic mass is 35.5. The lowest BCUT2D eigenvalue weighted by molar-refractivity contribution is 0.322. The fraction of sp³-hybridized carbons (Fsp3) is 0.286. The molecular weight excluding hydrogens is 262 g/mol. The van der Waals surface area contributed by atoms with Crippen LogP contribution in [0, 0.1) is 0 Å². The predicted molar refractivity (Wildman–Crippen MR) is 74.6 cm³/mol. The van der Waals surface area contributed by atoms with Crippen LogP contribution in [-0.4, -0.2) is 23.3 Å². The zero-order chi connectivity index (χ0) is 13.1. The molecule has 0 saturated carbocycles. The minimum Gasteiger partial charge on any atom is -0.491 e.